The van der Waals surface area contributed by atoms with Gasteiger partial charge in [-0.3, -0.25) is 9.59 Å². The van der Waals surface area contributed by atoms with Crippen molar-refractivity contribution in [3.05, 3.63) is 88.5 Å². The third-order valence-electron chi connectivity index (χ3n) is 6.21. The molecule has 9 heteroatoms. The molecule has 4 rings (SSSR count). The van der Waals surface area contributed by atoms with Crippen LogP contribution in [-0.4, -0.2) is 55.2 Å². The standard InChI is InChI=1S/C30H30ClNO7/c1-18(2)38-14-13-32-27(19-9-8-12-21(15-19)39-20-10-6-5-7-11-20)26(29(34)30(32)35)28(33)22-16-25(37-4)23(31)17-24(22)36-3/h5-12,15-18,27,33H,13-14H2,1-4H3/b28-26+. The van der Waals surface area contributed by atoms with Crippen LogP contribution < -0.4 is 14.2 Å². The Labute approximate surface area is 232 Å². The molecule has 3 aromatic rings. The molecule has 0 radical (unpaired) electrons. The summed E-state index contributed by atoms with van der Waals surface area (Å²) < 4.78 is 22.4. The Morgan fingerprint density at radius 2 is 1.64 bits per heavy atom. The highest BCUT2D eigenvalue weighted by molar-refractivity contribution is 6.46. The molecule has 0 bridgehead atoms. The number of Topliss-reactive ketones (excluding diaryl/α,β-unsaturated/α-hetero) is 1. The number of carbonyl (C=O) groups excluding carboxylic acids is 2. The topological polar surface area (TPSA) is 94.5 Å². The first kappa shape index (κ1) is 28.0. The quantitative estimate of drug-likeness (QED) is 0.188. The van der Waals surface area contributed by atoms with Gasteiger partial charge >= 0.3 is 0 Å². The van der Waals surface area contributed by atoms with E-state index in [1.807, 2.05) is 44.2 Å². The molecule has 8 nitrogen and oxygen atoms in total. The number of halogens is 1. The number of hydrogen-bond donors (Lipinski definition) is 1. The van der Waals surface area contributed by atoms with Crippen LogP contribution in [0.5, 0.6) is 23.0 Å². The van der Waals surface area contributed by atoms with Crippen LogP contribution in [0.3, 0.4) is 0 Å². The van der Waals surface area contributed by atoms with Gasteiger partial charge in [-0.15, -0.1) is 0 Å². The minimum atomic E-state index is -0.911. The van der Waals surface area contributed by atoms with Crippen LogP contribution in [-0.2, 0) is 14.3 Å². The van der Waals surface area contributed by atoms with Crippen LogP contribution in [0.4, 0.5) is 0 Å². The Hall–Kier alpha value is -4.01. The van der Waals surface area contributed by atoms with E-state index >= 15 is 0 Å². The van der Waals surface area contributed by atoms with Gasteiger partial charge in [-0.25, -0.2) is 0 Å². The van der Waals surface area contributed by atoms with Gasteiger partial charge in [-0.2, -0.15) is 0 Å². The fourth-order valence-corrected chi connectivity index (χ4v) is 4.64. The molecule has 1 saturated heterocycles. The number of ketones is 1. The number of nitrogens with zero attached hydrogens (tertiary/aromatic N) is 1. The summed E-state index contributed by atoms with van der Waals surface area (Å²) in [6.45, 7) is 4.11. The summed E-state index contributed by atoms with van der Waals surface area (Å²) in [5, 5.41) is 11.8. The summed E-state index contributed by atoms with van der Waals surface area (Å²) in [5.41, 5.74) is 0.648. The predicted octanol–water partition coefficient (Wildman–Crippen LogP) is 6.00. The Bertz CT molecular complexity index is 1390. The fourth-order valence-electron chi connectivity index (χ4n) is 4.41. The highest BCUT2D eigenvalue weighted by Gasteiger charge is 2.46. The molecule has 1 aliphatic rings. The normalized spacial score (nSPS) is 16.6. The van der Waals surface area contributed by atoms with Gasteiger partial charge in [0.05, 0.1) is 49.1 Å². The van der Waals surface area contributed by atoms with Crippen molar-refractivity contribution < 1.29 is 33.6 Å². The third-order valence-corrected chi connectivity index (χ3v) is 6.50. The minimum absolute atomic E-state index is 0.0614. The Morgan fingerprint density at radius 3 is 2.31 bits per heavy atom. The molecule has 0 aliphatic carbocycles. The van der Waals surface area contributed by atoms with Crippen molar-refractivity contribution in [2.45, 2.75) is 26.0 Å². The molecule has 1 unspecified atom stereocenters. The number of para-hydroxylation sites is 1. The molecule has 1 atom stereocenters. The van der Waals surface area contributed by atoms with E-state index in [1.54, 1.807) is 24.3 Å². The second-order valence-corrected chi connectivity index (χ2v) is 9.49. The maximum Gasteiger partial charge on any atom is 0.295 e. The van der Waals surface area contributed by atoms with Gasteiger partial charge in [-0.1, -0.05) is 41.9 Å². The summed E-state index contributed by atoms with van der Waals surface area (Å²) in [4.78, 5) is 28.1. The first-order chi connectivity index (χ1) is 18.7. The smallest absolute Gasteiger partial charge is 0.295 e. The van der Waals surface area contributed by atoms with Gasteiger partial charge in [0, 0.05) is 12.6 Å². The molecule has 204 valence electrons. The predicted molar refractivity (Wildman–Crippen MR) is 148 cm³/mol. The zero-order chi connectivity index (χ0) is 28.1. The Balaban J connectivity index is 1.85. The number of amides is 1. The third kappa shape index (κ3) is 6.02. The number of carbonyl (C=O) groups is 2. The van der Waals surface area contributed by atoms with E-state index in [1.165, 1.54) is 31.3 Å². The van der Waals surface area contributed by atoms with Crippen molar-refractivity contribution in [1.82, 2.24) is 4.90 Å². The van der Waals surface area contributed by atoms with Crippen molar-refractivity contribution >= 4 is 29.1 Å². The monoisotopic (exact) mass is 551 g/mol. The fraction of sp³-hybridized carbons (Fsp3) is 0.267. The molecule has 3 aromatic carbocycles. The first-order valence-electron chi connectivity index (χ1n) is 12.4. The van der Waals surface area contributed by atoms with Gasteiger partial charge in [-0.05, 0) is 49.7 Å². The van der Waals surface area contributed by atoms with Gasteiger partial charge < -0.3 is 29.0 Å². The molecule has 0 spiro atoms. The zero-order valence-electron chi connectivity index (χ0n) is 22.1. The highest BCUT2D eigenvalue weighted by Crippen LogP contribution is 2.43. The van der Waals surface area contributed by atoms with Gasteiger partial charge in [0.15, 0.2) is 0 Å². The summed E-state index contributed by atoms with van der Waals surface area (Å²) >= 11 is 6.25. The average molecular weight is 552 g/mol. The van der Waals surface area contributed by atoms with Crippen LogP contribution in [0.2, 0.25) is 5.02 Å². The van der Waals surface area contributed by atoms with Crippen molar-refractivity contribution in [2.24, 2.45) is 0 Å². The number of likely N-dealkylation sites (tertiary alicyclic amines) is 1. The summed E-state index contributed by atoms with van der Waals surface area (Å²) in [5.74, 6) is -0.358. The van der Waals surface area contributed by atoms with Gasteiger partial charge in [0.1, 0.15) is 28.8 Å². The molecule has 1 fully saturated rings. The number of aliphatic hydroxyl groups is 1. The van der Waals surface area contributed by atoms with Crippen molar-refractivity contribution in [1.29, 1.82) is 0 Å². The summed E-state index contributed by atoms with van der Waals surface area (Å²) in [6, 6.07) is 18.3. The molecule has 0 aromatic heterocycles. The van der Waals surface area contributed by atoms with E-state index in [-0.39, 0.29) is 46.9 Å². The van der Waals surface area contributed by atoms with E-state index in [0.29, 0.717) is 17.1 Å². The number of hydrogen-bond acceptors (Lipinski definition) is 7. The maximum absolute atomic E-state index is 13.4. The molecule has 1 heterocycles. The number of aliphatic hydroxyl groups excluding tert-OH is 1. The number of benzene rings is 3. The number of ether oxygens (including phenoxy) is 4. The van der Waals surface area contributed by atoms with Crippen LogP contribution in [0, 0.1) is 0 Å². The lowest BCUT2D eigenvalue weighted by Gasteiger charge is -2.26. The van der Waals surface area contributed by atoms with E-state index < -0.39 is 23.5 Å². The second-order valence-electron chi connectivity index (χ2n) is 9.09. The molecule has 1 aliphatic heterocycles. The van der Waals surface area contributed by atoms with Crippen LogP contribution in [0.25, 0.3) is 5.76 Å². The van der Waals surface area contributed by atoms with E-state index in [2.05, 4.69) is 0 Å². The molecular weight excluding hydrogens is 522 g/mol. The summed E-state index contributed by atoms with van der Waals surface area (Å²) in [6.07, 6.45) is -0.0614. The highest BCUT2D eigenvalue weighted by atomic mass is 35.5. The van der Waals surface area contributed by atoms with E-state index in [0.717, 1.165) is 0 Å². The lowest BCUT2D eigenvalue weighted by Crippen LogP contribution is -2.33. The van der Waals surface area contributed by atoms with Crippen LogP contribution >= 0.6 is 11.6 Å². The second kappa shape index (κ2) is 12.2. The van der Waals surface area contributed by atoms with Crippen molar-refractivity contribution in [2.75, 3.05) is 27.4 Å². The van der Waals surface area contributed by atoms with Crippen LogP contribution in [0.1, 0.15) is 31.0 Å². The largest absolute Gasteiger partial charge is 0.507 e. The van der Waals surface area contributed by atoms with Gasteiger partial charge in [0.2, 0.25) is 0 Å². The maximum atomic E-state index is 13.4. The van der Waals surface area contributed by atoms with E-state index in [9.17, 15) is 14.7 Å². The number of methoxy groups -OCH3 is 2. The van der Waals surface area contributed by atoms with Crippen molar-refractivity contribution in [3.8, 4) is 23.0 Å². The van der Waals surface area contributed by atoms with Gasteiger partial charge in [0.25, 0.3) is 11.7 Å². The molecule has 0 saturated carbocycles. The van der Waals surface area contributed by atoms with Crippen molar-refractivity contribution in [3.63, 3.8) is 0 Å². The Morgan fingerprint density at radius 1 is 0.949 bits per heavy atom. The minimum Gasteiger partial charge on any atom is -0.507 e. The SMILES string of the molecule is COc1cc(/C(O)=C2\C(=O)C(=O)N(CCOC(C)C)C2c2cccc(Oc3ccccc3)c2)c(OC)cc1Cl. The summed E-state index contributed by atoms with van der Waals surface area (Å²) in [7, 11) is 2.85. The van der Waals surface area contributed by atoms with Crippen LogP contribution in [0.15, 0.2) is 72.3 Å². The zero-order valence-corrected chi connectivity index (χ0v) is 22.9. The molecule has 1 N–H and O–H groups in total. The average Bonchev–Trinajstić information content (AvgIpc) is 3.18. The molecule has 39 heavy (non-hydrogen) atoms. The lowest BCUT2D eigenvalue weighted by molar-refractivity contribution is -0.140. The molecule has 1 amide bonds. The lowest BCUT2D eigenvalue weighted by atomic mass is 9.94. The first-order valence-corrected chi connectivity index (χ1v) is 12.8. The number of rotatable bonds is 10. The Kier molecular flexibility index (Phi) is 8.79. The molecular formula is C30H30ClNO7. The van der Waals surface area contributed by atoms with E-state index in [4.69, 9.17) is 30.5 Å².